The summed E-state index contributed by atoms with van der Waals surface area (Å²) in [5, 5.41) is 17.0. The molecule has 0 aliphatic heterocycles. The van der Waals surface area contributed by atoms with Gasteiger partial charge in [0.15, 0.2) is 0 Å². The highest BCUT2D eigenvalue weighted by molar-refractivity contribution is 6.30. The summed E-state index contributed by atoms with van der Waals surface area (Å²) in [6, 6.07) is 13.1. The monoisotopic (exact) mass is 333 g/mol. The standard InChI is InChI=1S/C16H16ClN3O3/c1-11(12-4-2-5-13(17)8-12)19-16(21)10-18-14-6-3-7-15(9-14)20(22)23/h2-9,11,18H,10H2,1H3,(H,19,21)/t11-/m0/s1. The van der Waals surface area contributed by atoms with Crippen molar-refractivity contribution in [3.63, 3.8) is 0 Å². The van der Waals surface area contributed by atoms with Crippen molar-refractivity contribution in [2.45, 2.75) is 13.0 Å². The minimum atomic E-state index is -0.480. The van der Waals surface area contributed by atoms with E-state index in [9.17, 15) is 14.9 Å². The van der Waals surface area contributed by atoms with Crippen molar-refractivity contribution in [3.05, 3.63) is 69.2 Å². The molecule has 7 heteroatoms. The average molecular weight is 334 g/mol. The van der Waals surface area contributed by atoms with Crippen molar-refractivity contribution in [1.29, 1.82) is 0 Å². The van der Waals surface area contributed by atoms with Gasteiger partial charge in [0.2, 0.25) is 5.91 Å². The Labute approximate surface area is 138 Å². The summed E-state index contributed by atoms with van der Waals surface area (Å²) in [4.78, 5) is 22.2. The molecule has 6 nitrogen and oxygen atoms in total. The highest BCUT2D eigenvalue weighted by atomic mass is 35.5. The number of carbonyl (C=O) groups excluding carboxylic acids is 1. The quantitative estimate of drug-likeness (QED) is 0.625. The molecule has 2 aromatic rings. The van der Waals surface area contributed by atoms with E-state index in [1.165, 1.54) is 12.1 Å². The third-order valence-electron chi connectivity index (χ3n) is 3.24. The Balaban J connectivity index is 1.90. The predicted molar refractivity (Wildman–Crippen MR) is 89.6 cm³/mol. The predicted octanol–water partition coefficient (Wildman–Crippen LogP) is 3.54. The highest BCUT2D eigenvalue weighted by Gasteiger charge is 2.10. The molecule has 1 amide bonds. The maximum atomic E-state index is 12.0. The minimum Gasteiger partial charge on any atom is -0.376 e. The Morgan fingerprint density at radius 3 is 2.70 bits per heavy atom. The number of carbonyl (C=O) groups is 1. The van der Waals surface area contributed by atoms with Crippen LogP contribution in [-0.2, 0) is 4.79 Å². The Kier molecular flexibility index (Phi) is 5.54. The molecule has 0 aliphatic carbocycles. The molecule has 2 N–H and O–H groups in total. The van der Waals surface area contributed by atoms with Crippen LogP contribution >= 0.6 is 11.6 Å². The third kappa shape index (κ3) is 4.96. The smallest absolute Gasteiger partial charge is 0.271 e. The van der Waals surface area contributed by atoms with Crippen LogP contribution in [0.1, 0.15) is 18.5 Å². The molecule has 0 bridgehead atoms. The molecule has 0 aromatic heterocycles. The highest BCUT2D eigenvalue weighted by Crippen LogP contribution is 2.18. The molecular weight excluding hydrogens is 318 g/mol. The van der Waals surface area contributed by atoms with Gasteiger partial charge in [-0.2, -0.15) is 0 Å². The van der Waals surface area contributed by atoms with Crippen molar-refractivity contribution in [3.8, 4) is 0 Å². The zero-order chi connectivity index (χ0) is 16.8. The molecule has 0 spiro atoms. The van der Waals surface area contributed by atoms with Crippen molar-refractivity contribution in [2.24, 2.45) is 0 Å². The number of rotatable bonds is 6. The van der Waals surface area contributed by atoms with Crippen LogP contribution in [0.15, 0.2) is 48.5 Å². The normalized spacial score (nSPS) is 11.6. The fraction of sp³-hybridized carbons (Fsp3) is 0.188. The fourth-order valence-electron chi connectivity index (χ4n) is 2.06. The lowest BCUT2D eigenvalue weighted by Crippen LogP contribution is -2.32. The van der Waals surface area contributed by atoms with Crippen LogP contribution in [0.4, 0.5) is 11.4 Å². The number of hydrogen-bond acceptors (Lipinski definition) is 4. The molecule has 23 heavy (non-hydrogen) atoms. The van der Waals surface area contributed by atoms with Gasteiger partial charge >= 0.3 is 0 Å². The van der Waals surface area contributed by atoms with Crippen LogP contribution in [0.2, 0.25) is 5.02 Å². The molecular formula is C16H16ClN3O3. The topological polar surface area (TPSA) is 84.3 Å². The first kappa shape index (κ1) is 16.8. The van der Waals surface area contributed by atoms with E-state index in [4.69, 9.17) is 11.6 Å². The Hall–Kier alpha value is -2.60. The van der Waals surface area contributed by atoms with Gasteiger partial charge in [-0.25, -0.2) is 0 Å². The van der Waals surface area contributed by atoms with Crippen molar-refractivity contribution in [1.82, 2.24) is 5.32 Å². The second kappa shape index (κ2) is 7.60. The molecule has 0 unspecified atom stereocenters. The third-order valence-corrected chi connectivity index (χ3v) is 3.47. The molecule has 0 saturated carbocycles. The number of non-ortho nitro benzene ring substituents is 1. The van der Waals surface area contributed by atoms with Gasteiger partial charge in [-0.1, -0.05) is 29.8 Å². The molecule has 0 fully saturated rings. The summed E-state index contributed by atoms with van der Waals surface area (Å²) in [6.45, 7) is 1.88. The zero-order valence-corrected chi connectivity index (χ0v) is 13.2. The summed E-state index contributed by atoms with van der Waals surface area (Å²) in [5.74, 6) is -0.219. The fourth-order valence-corrected chi connectivity index (χ4v) is 2.26. The van der Waals surface area contributed by atoms with Gasteiger partial charge in [-0.3, -0.25) is 14.9 Å². The Morgan fingerprint density at radius 2 is 2.00 bits per heavy atom. The average Bonchev–Trinajstić information content (AvgIpc) is 2.53. The number of nitro groups is 1. The number of nitrogens with zero attached hydrogens (tertiary/aromatic N) is 1. The van der Waals surface area contributed by atoms with E-state index in [0.717, 1.165) is 5.56 Å². The van der Waals surface area contributed by atoms with Crippen LogP contribution in [0.3, 0.4) is 0 Å². The zero-order valence-electron chi connectivity index (χ0n) is 12.5. The number of nitro benzene ring substituents is 1. The molecule has 1 atom stereocenters. The van der Waals surface area contributed by atoms with Crippen LogP contribution < -0.4 is 10.6 Å². The van der Waals surface area contributed by atoms with E-state index >= 15 is 0 Å². The largest absolute Gasteiger partial charge is 0.376 e. The number of hydrogen-bond donors (Lipinski definition) is 2. The van der Waals surface area contributed by atoms with Gasteiger partial charge in [0.1, 0.15) is 0 Å². The van der Waals surface area contributed by atoms with Gasteiger partial charge < -0.3 is 10.6 Å². The summed E-state index contributed by atoms with van der Waals surface area (Å²) >= 11 is 5.93. The van der Waals surface area contributed by atoms with Crippen LogP contribution in [-0.4, -0.2) is 17.4 Å². The lowest BCUT2D eigenvalue weighted by Gasteiger charge is -2.15. The molecule has 120 valence electrons. The van der Waals surface area contributed by atoms with Gasteiger partial charge in [0.25, 0.3) is 5.69 Å². The number of benzene rings is 2. The molecule has 2 rings (SSSR count). The Bertz CT molecular complexity index is 721. The van der Waals surface area contributed by atoms with Crippen molar-refractivity contribution < 1.29 is 9.72 Å². The maximum absolute atomic E-state index is 12.0. The van der Waals surface area contributed by atoms with E-state index in [1.54, 1.807) is 24.3 Å². The van der Waals surface area contributed by atoms with Crippen LogP contribution in [0.25, 0.3) is 0 Å². The number of amides is 1. The summed E-state index contributed by atoms with van der Waals surface area (Å²) in [7, 11) is 0. The Morgan fingerprint density at radius 1 is 1.26 bits per heavy atom. The second-order valence-corrected chi connectivity index (χ2v) is 5.44. The molecule has 0 radical (unpaired) electrons. The SMILES string of the molecule is C[C@H](NC(=O)CNc1cccc([N+](=O)[O-])c1)c1cccc(Cl)c1. The number of halogens is 1. The molecule has 0 aliphatic rings. The molecule has 0 heterocycles. The van der Waals surface area contributed by atoms with E-state index < -0.39 is 4.92 Å². The van der Waals surface area contributed by atoms with E-state index in [2.05, 4.69) is 10.6 Å². The first-order valence-electron chi connectivity index (χ1n) is 6.99. The van der Waals surface area contributed by atoms with Gasteiger partial charge in [0.05, 0.1) is 17.5 Å². The summed E-state index contributed by atoms with van der Waals surface area (Å²) in [5.41, 5.74) is 1.40. The second-order valence-electron chi connectivity index (χ2n) is 5.01. The molecule has 2 aromatic carbocycles. The van der Waals surface area contributed by atoms with Crippen LogP contribution in [0.5, 0.6) is 0 Å². The minimum absolute atomic E-state index is 0.0199. The summed E-state index contributed by atoms with van der Waals surface area (Å²) < 4.78 is 0. The van der Waals surface area contributed by atoms with Crippen molar-refractivity contribution in [2.75, 3.05) is 11.9 Å². The van der Waals surface area contributed by atoms with E-state index in [-0.39, 0.29) is 24.2 Å². The van der Waals surface area contributed by atoms with Gasteiger partial charge in [-0.05, 0) is 30.7 Å². The van der Waals surface area contributed by atoms with Gasteiger partial charge in [0, 0.05) is 22.8 Å². The van der Waals surface area contributed by atoms with Gasteiger partial charge in [-0.15, -0.1) is 0 Å². The van der Waals surface area contributed by atoms with E-state index in [1.807, 2.05) is 19.1 Å². The lowest BCUT2D eigenvalue weighted by atomic mass is 10.1. The first-order valence-corrected chi connectivity index (χ1v) is 7.36. The molecule has 0 saturated heterocycles. The maximum Gasteiger partial charge on any atom is 0.271 e. The lowest BCUT2D eigenvalue weighted by molar-refractivity contribution is -0.384. The number of anilines is 1. The summed E-state index contributed by atoms with van der Waals surface area (Å²) in [6.07, 6.45) is 0. The van der Waals surface area contributed by atoms with Crippen molar-refractivity contribution >= 4 is 28.9 Å². The van der Waals surface area contributed by atoms with E-state index in [0.29, 0.717) is 10.7 Å². The number of nitrogens with one attached hydrogen (secondary N) is 2. The first-order chi connectivity index (χ1) is 11.0. The van der Waals surface area contributed by atoms with Crippen LogP contribution in [0, 0.1) is 10.1 Å².